The Morgan fingerprint density at radius 2 is 2.20 bits per heavy atom. The fraction of sp³-hybridized carbons (Fsp3) is 0.133. The number of hydrogen-bond acceptors (Lipinski definition) is 4. The van der Waals surface area contributed by atoms with E-state index >= 15 is 0 Å². The summed E-state index contributed by atoms with van der Waals surface area (Å²) < 4.78 is 0. The van der Waals surface area contributed by atoms with Gasteiger partial charge in [0, 0.05) is 23.6 Å². The summed E-state index contributed by atoms with van der Waals surface area (Å²) in [6, 6.07) is 5.59. The van der Waals surface area contributed by atoms with E-state index in [0.29, 0.717) is 12.2 Å². The molecule has 0 bridgehead atoms. The number of nitrogens with two attached hydrogens (primary N) is 1. The number of anilines is 1. The van der Waals surface area contributed by atoms with Crippen molar-refractivity contribution in [2.24, 2.45) is 5.73 Å². The highest BCUT2D eigenvalue weighted by Crippen LogP contribution is 2.14. The lowest BCUT2D eigenvalue weighted by Crippen LogP contribution is -2.14. The van der Waals surface area contributed by atoms with Gasteiger partial charge in [0.1, 0.15) is 5.69 Å². The molecule has 0 atom stereocenters. The molecule has 1 heterocycles. The van der Waals surface area contributed by atoms with Crippen LogP contribution in [0, 0.1) is 18.8 Å². The van der Waals surface area contributed by atoms with Crippen LogP contribution >= 0.6 is 0 Å². The van der Waals surface area contributed by atoms with Gasteiger partial charge < -0.3 is 11.1 Å². The van der Waals surface area contributed by atoms with Crippen LogP contribution in [0.4, 0.5) is 5.69 Å². The van der Waals surface area contributed by atoms with Crippen LogP contribution in [-0.2, 0) is 0 Å². The molecule has 0 radical (unpaired) electrons. The van der Waals surface area contributed by atoms with Gasteiger partial charge in [-0.3, -0.25) is 9.78 Å². The Morgan fingerprint density at radius 1 is 1.35 bits per heavy atom. The molecular formula is C15H14N4O. The molecule has 0 aliphatic rings. The van der Waals surface area contributed by atoms with E-state index in [1.807, 2.05) is 19.1 Å². The summed E-state index contributed by atoms with van der Waals surface area (Å²) in [5.74, 6) is 5.43. The molecule has 2 aromatic rings. The van der Waals surface area contributed by atoms with Crippen molar-refractivity contribution >= 4 is 11.6 Å². The Balaban J connectivity index is 2.21. The van der Waals surface area contributed by atoms with Gasteiger partial charge in [-0.05, 0) is 30.7 Å². The Hall–Kier alpha value is -2.71. The number of aromatic nitrogens is 2. The Kier molecular flexibility index (Phi) is 4.43. The number of aryl methyl sites for hydroxylation is 1. The first-order valence-electron chi connectivity index (χ1n) is 6.07. The molecular weight excluding hydrogens is 252 g/mol. The third-order valence-corrected chi connectivity index (χ3v) is 2.47. The van der Waals surface area contributed by atoms with E-state index < -0.39 is 0 Å². The first-order chi connectivity index (χ1) is 9.69. The van der Waals surface area contributed by atoms with Gasteiger partial charge in [0.05, 0.1) is 12.7 Å². The predicted molar refractivity (Wildman–Crippen MR) is 77.1 cm³/mol. The van der Waals surface area contributed by atoms with E-state index in [9.17, 15) is 4.79 Å². The fourth-order valence-corrected chi connectivity index (χ4v) is 1.69. The SMILES string of the molecule is Cc1cc(C#CCN)cc(NC(=O)c2cnccn2)c1. The molecule has 0 spiro atoms. The van der Waals surface area contributed by atoms with E-state index in [-0.39, 0.29) is 11.6 Å². The van der Waals surface area contributed by atoms with Crippen LogP contribution < -0.4 is 11.1 Å². The van der Waals surface area contributed by atoms with Gasteiger partial charge in [0.25, 0.3) is 5.91 Å². The van der Waals surface area contributed by atoms with Crippen molar-refractivity contribution in [2.45, 2.75) is 6.92 Å². The molecule has 1 amide bonds. The van der Waals surface area contributed by atoms with Crippen molar-refractivity contribution in [2.75, 3.05) is 11.9 Å². The number of rotatable bonds is 2. The minimum Gasteiger partial charge on any atom is -0.321 e. The van der Waals surface area contributed by atoms with Crippen LogP contribution in [0.5, 0.6) is 0 Å². The molecule has 1 aromatic carbocycles. The van der Waals surface area contributed by atoms with Gasteiger partial charge in [-0.15, -0.1) is 0 Å². The molecule has 2 rings (SSSR count). The van der Waals surface area contributed by atoms with E-state index in [4.69, 9.17) is 5.73 Å². The molecule has 0 unspecified atom stereocenters. The van der Waals surface area contributed by atoms with Crippen molar-refractivity contribution in [3.05, 3.63) is 53.6 Å². The third-order valence-electron chi connectivity index (χ3n) is 2.47. The predicted octanol–water partition coefficient (Wildman–Crippen LogP) is 1.35. The van der Waals surface area contributed by atoms with Crippen molar-refractivity contribution in [3.63, 3.8) is 0 Å². The molecule has 0 saturated carbocycles. The zero-order valence-electron chi connectivity index (χ0n) is 11.1. The van der Waals surface area contributed by atoms with Crippen molar-refractivity contribution < 1.29 is 4.79 Å². The summed E-state index contributed by atoms with van der Waals surface area (Å²) in [4.78, 5) is 19.8. The smallest absolute Gasteiger partial charge is 0.275 e. The molecule has 5 heteroatoms. The molecule has 0 saturated heterocycles. The van der Waals surface area contributed by atoms with Gasteiger partial charge >= 0.3 is 0 Å². The first kappa shape index (κ1) is 13.7. The monoisotopic (exact) mass is 266 g/mol. The van der Waals surface area contributed by atoms with E-state index in [1.165, 1.54) is 18.6 Å². The van der Waals surface area contributed by atoms with Crippen LogP contribution in [0.2, 0.25) is 0 Å². The lowest BCUT2D eigenvalue weighted by atomic mass is 10.1. The minimum atomic E-state index is -0.304. The lowest BCUT2D eigenvalue weighted by molar-refractivity contribution is 0.102. The zero-order valence-corrected chi connectivity index (χ0v) is 11.1. The molecule has 0 aliphatic carbocycles. The normalized spacial score (nSPS) is 9.50. The quantitative estimate of drug-likeness (QED) is 0.804. The second-order valence-corrected chi connectivity index (χ2v) is 4.14. The summed E-state index contributed by atoms with van der Waals surface area (Å²) in [7, 11) is 0. The molecule has 20 heavy (non-hydrogen) atoms. The second-order valence-electron chi connectivity index (χ2n) is 4.14. The number of carbonyl (C=O) groups excluding carboxylic acids is 1. The number of carbonyl (C=O) groups is 1. The molecule has 100 valence electrons. The fourth-order valence-electron chi connectivity index (χ4n) is 1.69. The molecule has 0 fully saturated rings. The van der Waals surface area contributed by atoms with Crippen LogP contribution in [0.3, 0.4) is 0 Å². The van der Waals surface area contributed by atoms with Gasteiger partial charge in [-0.25, -0.2) is 4.98 Å². The largest absolute Gasteiger partial charge is 0.321 e. The summed E-state index contributed by atoms with van der Waals surface area (Å²) in [6.45, 7) is 2.24. The number of amides is 1. The van der Waals surface area contributed by atoms with Gasteiger partial charge in [-0.1, -0.05) is 11.8 Å². The summed E-state index contributed by atoms with van der Waals surface area (Å²) in [6.07, 6.45) is 4.41. The van der Waals surface area contributed by atoms with Crippen molar-refractivity contribution in [1.29, 1.82) is 0 Å². The Labute approximate surface area is 117 Å². The number of nitrogens with zero attached hydrogens (tertiary/aromatic N) is 2. The van der Waals surface area contributed by atoms with Crippen LogP contribution in [0.1, 0.15) is 21.6 Å². The van der Waals surface area contributed by atoms with Crippen LogP contribution in [0.25, 0.3) is 0 Å². The highest BCUT2D eigenvalue weighted by Gasteiger charge is 2.07. The third kappa shape index (κ3) is 3.64. The maximum atomic E-state index is 12.0. The molecule has 3 N–H and O–H groups in total. The average Bonchev–Trinajstić information content (AvgIpc) is 2.45. The lowest BCUT2D eigenvalue weighted by Gasteiger charge is -2.06. The van der Waals surface area contributed by atoms with Crippen LogP contribution in [0.15, 0.2) is 36.8 Å². The highest BCUT2D eigenvalue weighted by atomic mass is 16.1. The highest BCUT2D eigenvalue weighted by molar-refractivity contribution is 6.02. The number of benzene rings is 1. The van der Waals surface area contributed by atoms with Crippen LogP contribution in [-0.4, -0.2) is 22.4 Å². The van der Waals surface area contributed by atoms with E-state index in [0.717, 1.165) is 11.1 Å². The molecule has 0 aliphatic heterocycles. The minimum absolute atomic E-state index is 0.267. The van der Waals surface area contributed by atoms with Crippen molar-refractivity contribution in [1.82, 2.24) is 9.97 Å². The summed E-state index contributed by atoms with van der Waals surface area (Å²) in [5, 5.41) is 2.78. The van der Waals surface area contributed by atoms with Crippen molar-refractivity contribution in [3.8, 4) is 11.8 Å². The molecule has 5 nitrogen and oxygen atoms in total. The number of nitrogens with one attached hydrogen (secondary N) is 1. The average molecular weight is 266 g/mol. The van der Waals surface area contributed by atoms with Gasteiger partial charge in [0.15, 0.2) is 0 Å². The number of hydrogen-bond donors (Lipinski definition) is 2. The van der Waals surface area contributed by atoms with Gasteiger partial charge in [0.2, 0.25) is 0 Å². The summed E-state index contributed by atoms with van der Waals surface area (Å²) in [5.41, 5.74) is 8.10. The maximum absolute atomic E-state index is 12.0. The first-order valence-corrected chi connectivity index (χ1v) is 6.07. The topological polar surface area (TPSA) is 80.9 Å². The second kappa shape index (κ2) is 6.45. The standard InChI is InChI=1S/C15H14N4O/c1-11-7-12(3-2-4-16)9-13(8-11)19-15(20)14-10-17-5-6-18-14/h5-10H,4,16H2,1H3,(H,19,20). The molecule has 1 aromatic heterocycles. The maximum Gasteiger partial charge on any atom is 0.275 e. The summed E-state index contributed by atoms with van der Waals surface area (Å²) >= 11 is 0. The Morgan fingerprint density at radius 3 is 2.90 bits per heavy atom. The Bertz CT molecular complexity index is 671. The van der Waals surface area contributed by atoms with E-state index in [2.05, 4.69) is 27.1 Å². The van der Waals surface area contributed by atoms with Gasteiger partial charge in [-0.2, -0.15) is 0 Å². The van der Waals surface area contributed by atoms with E-state index in [1.54, 1.807) is 6.07 Å². The zero-order chi connectivity index (χ0) is 14.4.